The van der Waals surface area contributed by atoms with Crippen molar-refractivity contribution in [1.82, 2.24) is 4.98 Å². The molecule has 0 saturated carbocycles. The summed E-state index contributed by atoms with van der Waals surface area (Å²) in [4.78, 5) is 17.7. The van der Waals surface area contributed by atoms with Gasteiger partial charge in [0.1, 0.15) is 0 Å². The van der Waals surface area contributed by atoms with Crippen molar-refractivity contribution in [2.24, 2.45) is 0 Å². The van der Waals surface area contributed by atoms with E-state index in [4.69, 9.17) is 0 Å². The Bertz CT molecular complexity index is 1080. The summed E-state index contributed by atoms with van der Waals surface area (Å²) in [6, 6.07) is 11.9. The maximum atomic E-state index is 13.1. The molecule has 2 aromatic carbocycles. The van der Waals surface area contributed by atoms with Crippen molar-refractivity contribution in [1.29, 1.82) is 0 Å². The maximum Gasteiger partial charge on any atom is 0.418 e. The first-order chi connectivity index (χ1) is 14.8. The molecule has 0 radical (unpaired) electrons. The van der Waals surface area contributed by atoms with Crippen molar-refractivity contribution in [3.8, 4) is 0 Å². The zero-order valence-electron chi connectivity index (χ0n) is 16.4. The van der Waals surface area contributed by atoms with Crippen LogP contribution in [0.4, 0.5) is 24.0 Å². The van der Waals surface area contributed by atoms with Crippen molar-refractivity contribution >= 4 is 28.1 Å². The van der Waals surface area contributed by atoms with Crippen LogP contribution in [0.3, 0.4) is 0 Å². The van der Waals surface area contributed by atoms with Crippen molar-refractivity contribution in [2.75, 3.05) is 10.6 Å². The van der Waals surface area contributed by atoms with Crippen LogP contribution in [0.2, 0.25) is 0 Å². The first-order valence-corrected chi connectivity index (χ1v) is 10.6. The number of fused-ring (bicyclic) bond motifs is 1. The van der Waals surface area contributed by atoms with E-state index in [0.717, 1.165) is 35.0 Å². The largest absolute Gasteiger partial charge is 0.418 e. The average Bonchev–Trinajstić information content (AvgIpc) is 3.16. The minimum atomic E-state index is -4.43. The molecule has 1 amide bonds. The van der Waals surface area contributed by atoms with Crippen LogP contribution in [0.1, 0.15) is 51.0 Å². The molecule has 1 aliphatic carbocycles. The molecular formula is C22H20F3N3O2S. The Kier molecular flexibility index (Phi) is 5.97. The van der Waals surface area contributed by atoms with E-state index in [1.54, 1.807) is 30.3 Å². The number of hydrogen-bond donors (Lipinski definition) is 3. The summed E-state index contributed by atoms with van der Waals surface area (Å²) in [6.45, 7) is 0.187. The van der Waals surface area contributed by atoms with Gasteiger partial charge in [-0.05, 0) is 49.1 Å². The van der Waals surface area contributed by atoms with Gasteiger partial charge in [-0.3, -0.25) is 10.1 Å². The zero-order chi connectivity index (χ0) is 22.0. The van der Waals surface area contributed by atoms with Gasteiger partial charge in [-0.2, -0.15) is 13.2 Å². The van der Waals surface area contributed by atoms with Gasteiger partial charge in [0.15, 0.2) is 5.13 Å². The number of hydrogen-bond acceptors (Lipinski definition) is 5. The standard InChI is InChI=1S/C22H20F3N3O2S/c23-22(24,25)15-4-1-2-5-16(15)26-12-13-8-10-14(11-9-13)20(30)28-21-27-17-6-3-7-18(29)19(17)31-21/h1-2,4-5,8-11,18,26,29H,3,6-7,12H2,(H,27,28,30). The van der Waals surface area contributed by atoms with E-state index in [0.29, 0.717) is 17.1 Å². The van der Waals surface area contributed by atoms with E-state index in [-0.39, 0.29) is 18.1 Å². The molecule has 0 bridgehead atoms. The third-order valence-corrected chi connectivity index (χ3v) is 6.19. The number of para-hydroxylation sites is 1. The number of amides is 1. The number of nitrogens with zero attached hydrogens (tertiary/aromatic N) is 1. The molecule has 1 heterocycles. The molecule has 1 unspecified atom stereocenters. The number of aryl methyl sites for hydroxylation is 1. The predicted molar refractivity (Wildman–Crippen MR) is 113 cm³/mol. The molecule has 0 aliphatic heterocycles. The summed E-state index contributed by atoms with van der Waals surface area (Å²) in [7, 11) is 0. The van der Waals surface area contributed by atoms with Crippen LogP contribution < -0.4 is 10.6 Å². The molecule has 3 N–H and O–H groups in total. The number of halogens is 3. The molecule has 31 heavy (non-hydrogen) atoms. The van der Waals surface area contributed by atoms with E-state index in [9.17, 15) is 23.1 Å². The highest BCUT2D eigenvalue weighted by molar-refractivity contribution is 7.16. The van der Waals surface area contributed by atoms with Crippen LogP contribution in [-0.2, 0) is 19.1 Å². The monoisotopic (exact) mass is 447 g/mol. The molecule has 5 nitrogen and oxygen atoms in total. The second-order valence-corrected chi connectivity index (χ2v) is 8.32. The van der Waals surface area contributed by atoms with Crippen LogP contribution in [0.15, 0.2) is 48.5 Å². The molecule has 3 aromatic rings. The Morgan fingerprint density at radius 2 is 1.90 bits per heavy atom. The summed E-state index contributed by atoms with van der Waals surface area (Å²) in [6.07, 6.45) is -2.60. The zero-order valence-corrected chi connectivity index (χ0v) is 17.2. The number of rotatable bonds is 5. The molecule has 1 atom stereocenters. The second kappa shape index (κ2) is 8.68. The lowest BCUT2D eigenvalue weighted by molar-refractivity contribution is -0.137. The van der Waals surface area contributed by atoms with Gasteiger partial charge in [-0.15, -0.1) is 0 Å². The van der Waals surface area contributed by atoms with Crippen LogP contribution >= 0.6 is 11.3 Å². The number of nitrogens with one attached hydrogen (secondary N) is 2. The van der Waals surface area contributed by atoms with Crippen molar-refractivity contribution in [3.05, 3.63) is 75.8 Å². The number of aromatic nitrogens is 1. The SMILES string of the molecule is O=C(Nc1nc2c(s1)C(O)CCC2)c1ccc(CNc2ccccc2C(F)(F)F)cc1. The van der Waals surface area contributed by atoms with Gasteiger partial charge in [-0.25, -0.2) is 4.98 Å². The highest BCUT2D eigenvalue weighted by Gasteiger charge is 2.33. The Hall–Kier alpha value is -2.91. The molecule has 4 rings (SSSR count). The lowest BCUT2D eigenvalue weighted by Gasteiger charge is -2.14. The fraction of sp³-hybridized carbons (Fsp3) is 0.273. The molecule has 162 valence electrons. The summed E-state index contributed by atoms with van der Waals surface area (Å²) in [5.74, 6) is -0.331. The molecule has 0 spiro atoms. The number of carbonyl (C=O) groups is 1. The molecule has 1 aliphatic rings. The Labute approximate surface area is 181 Å². The molecule has 0 saturated heterocycles. The van der Waals surface area contributed by atoms with Gasteiger partial charge >= 0.3 is 6.18 Å². The minimum Gasteiger partial charge on any atom is -0.388 e. The van der Waals surface area contributed by atoms with E-state index in [1.165, 1.54) is 23.5 Å². The number of aliphatic hydroxyl groups is 1. The Balaban J connectivity index is 1.39. The van der Waals surface area contributed by atoms with Gasteiger partial charge in [0, 0.05) is 17.8 Å². The summed E-state index contributed by atoms with van der Waals surface area (Å²) < 4.78 is 39.3. The van der Waals surface area contributed by atoms with Gasteiger partial charge < -0.3 is 10.4 Å². The normalized spacial score (nSPS) is 15.9. The number of alkyl halides is 3. The third kappa shape index (κ3) is 4.88. The summed E-state index contributed by atoms with van der Waals surface area (Å²) >= 11 is 1.28. The number of anilines is 2. The third-order valence-electron chi connectivity index (χ3n) is 5.07. The van der Waals surface area contributed by atoms with E-state index in [2.05, 4.69) is 15.6 Å². The van der Waals surface area contributed by atoms with E-state index >= 15 is 0 Å². The summed E-state index contributed by atoms with van der Waals surface area (Å²) in [5, 5.41) is 16.0. The van der Waals surface area contributed by atoms with Gasteiger partial charge in [0.25, 0.3) is 5.91 Å². The average molecular weight is 447 g/mol. The molecule has 1 aromatic heterocycles. The van der Waals surface area contributed by atoms with Crippen molar-refractivity contribution in [3.63, 3.8) is 0 Å². The smallest absolute Gasteiger partial charge is 0.388 e. The van der Waals surface area contributed by atoms with Crippen LogP contribution in [-0.4, -0.2) is 16.0 Å². The first kappa shape index (κ1) is 21.3. The maximum absolute atomic E-state index is 13.1. The van der Waals surface area contributed by atoms with Crippen LogP contribution in [0.25, 0.3) is 0 Å². The molecule has 9 heteroatoms. The van der Waals surface area contributed by atoms with Gasteiger partial charge in [0.2, 0.25) is 0 Å². The highest BCUT2D eigenvalue weighted by atomic mass is 32.1. The lowest BCUT2D eigenvalue weighted by Crippen LogP contribution is -2.12. The number of benzene rings is 2. The first-order valence-electron chi connectivity index (χ1n) is 9.79. The quantitative estimate of drug-likeness (QED) is 0.490. The minimum absolute atomic E-state index is 0.00624. The van der Waals surface area contributed by atoms with E-state index < -0.39 is 17.8 Å². The summed E-state index contributed by atoms with van der Waals surface area (Å²) in [5.41, 5.74) is 1.27. The van der Waals surface area contributed by atoms with Gasteiger partial charge in [0.05, 0.1) is 22.2 Å². The number of carbonyl (C=O) groups excluding carboxylic acids is 1. The second-order valence-electron chi connectivity index (χ2n) is 7.29. The molecular weight excluding hydrogens is 427 g/mol. The van der Waals surface area contributed by atoms with Crippen molar-refractivity contribution < 1.29 is 23.1 Å². The Morgan fingerprint density at radius 3 is 2.61 bits per heavy atom. The number of thiazole rings is 1. The molecule has 0 fully saturated rings. The van der Waals surface area contributed by atoms with Gasteiger partial charge in [-0.1, -0.05) is 35.6 Å². The fourth-order valence-corrected chi connectivity index (χ4v) is 4.50. The number of aliphatic hydroxyl groups excluding tert-OH is 1. The fourth-order valence-electron chi connectivity index (χ4n) is 3.48. The topological polar surface area (TPSA) is 74.2 Å². The van der Waals surface area contributed by atoms with Crippen molar-refractivity contribution in [2.45, 2.75) is 38.1 Å². The lowest BCUT2D eigenvalue weighted by atomic mass is 10.0. The van der Waals surface area contributed by atoms with E-state index in [1.807, 2.05) is 0 Å². The van der Waals surface area contributed by atoms with Crippen LogP contribution in [0, 0.1) is 0 Å². The van der Waals surface area contributed by atoms with Crippen LogP contribution in [0.5, 0.6) is 0 Å². The highest BCUT2D eigenvalue weighted by Crippen LogP contribution is 2.36. The predicted octanol–water partition coefficient (Wildman–Crippen LogP) is 5.40. The Morgan fingerprint density at radius 1 is 1.16 bits per heavy atom.